The van der Waals surface area contributed by atoms with Crippen molar-refractivity contribution in [2.24, 2.45) is 11.8 Å². The molecule has 0 aliphatic heterocycles. The summed E-state index contributed by atoms with van der Waals surface area (Å²) in [6.45, 7) is 19.1. The number of aromatic nitrogens is 3. The molecule has 0 fully saturated rings. The van der Waals surface area contributed by atoms with Crippen molar-refractivity contribution in [2.75, 3.05) is 126 Å². The molecule has 14 nitrogen and oxygen atoms in total. The molecule has 0 aromatic carbocycles. The van der Waals surface area contributed by atoms with Gasteiger partial charge in [-0.3, -0.25) is 9.48 Å². The first-order valence-corrected chi connectivity index (χ1v) is 17.7. The third-order valence-electron chi connectivity index (χ3n) is 6.74. The average Bonchev–Trinajstić information content (AvgIpc) is 3.52. The average molecular weight is 692 g/mol. The normalized spacial score (nSPS) is 11.8. The van der Waals surface area contributed by atoms with E-state index in [1.165, 1.54) is 12.8 Å². The molecule has 0 radical (unpaired) electrons. The van der Waals surface area contributed by atoms with Gasteiger partial charge in [-0.25, -0.2) is 0 Å². The van der Waals surface area contributed by atoms with E-state index in [0.29, 0.717) is 139 Å². The van der Waals surface area contributed by atoms with Crippen LogP contribution in [0.3, 0.4) is 0 Å². The number of carbonyl (C=O) groups is 1. The third-order valence-corrected chi connectivity index (χ3v) is 6.74. The summed E-state index contributed by atoms with van der Waals surface area (Å²) in [5, 5.41) is 8.32. The number of aryl methyl sites for hydroxylation is 1. The van der Waals surface area contributed by atoms with E-state index in [1.807, 2.05) is 24.7 Å². The zero-order chi connectivity index (χ0) is 34.8. The van der Waals surface area contributed by atoms with Gasteiger partial charge in [-0.2, -0.15) is 0 Å². The van der Waals surface area contributed by atoms with Gasteiger partial charge >= 0.3 is 0 Å². The minimum absolute atomic E-state index is 0.0600. The van der Waals surface area contributed by atoms with Crippen molar-refractivity contribution >= 4 is 5.78 Å². The van der Waals surface area contributed by atoms with Crippen LogP contribution in [0, 0.1) is 11.8 Å². The first kappa shape index (κ1) is 44.4. The Balaban J connectivity index is 1.68. The lowest BCUT2D eigenvalue weighted by Gasteiger charge is -2.09. The van der Waals surface area contributed by atoms with Crippen molar-refractivity contribution in [3.05, 3.63) is 11.9 Å². The van der Waals surface area contributed by atoms with E-state index >= 15 is 0 Å². The van der Waals surface area contributed by atoms with Gasteiger partial charge in [-0.1, -0.05) is 45.7 Å². The van der Waals surface area contributed by atoms with Crippen LogP contribution in [0.5, 0.6) is 0 Å². The molecular formula is C34H65N3O11. The second-order valence-electron chi connectivity index (χ2n) is 11.8. The molecule has 282 valence electrons. The highest BCUT2D eigenvalue weighted by Crippen LogP contribution is 2.07. The maximum Gasteiger partial charge on any atom is 0.137 e. The largest absolute Gasteiger partial charge is 0.379 e. The van der Waals surface area contributed by atoms with Crippen LogP contribution in [0.4, 0.5) is 0 Å². The van der Waals surface area contributed by atoms with E-state index in [-0.39, 0.29) is 11.7 Å². The van der Waals surface area contributed by atoms with Crippen molar-refractivity contribution in [3.8, 4) is 0 Å². The maximum absolute atomic E-state index is 11.5. The monoisotopic (exact) mass is 691 g/mol. The number of Topliss-reactive ketones (excluding diaryl/α,β-unsaturated/α-hetero) is 1. The van der Waals surface area contributed by atoms with Gasteiger partial charge in [-0.05, 0) is 12.3 Å². The number of nitrogens with zero attached hydrogens (tertiary/aromatic N) is 3. The Morgan fingerprint density at radius 1 is 0.562 bits per heavy atom. The van der Waals surface area contributed by atoms with E-state index in [2.05, 4.69) is 24.2 Å². The number of carbonyl (C=O) groups excluding carboxylic acids is 1. The molecule has 0 amide bonds. The maximum atomic E-state index is 11.5. The molecule has 0 aliphatic rings. The summed E-state index contributed by atoms with van der Waals surface area (Å²) in [5.41, 5.74) is 0.840. The highest BCUT2D eigenvalue weighted by atomic mass is 16.6. The molecule has 1 aromatic heterocycles. The van der Waals surface area contributed by atoms with Gasteiger partial charge in [0.25, 0.3) is 0 Å². The van der Waals surface area contributed by atoms with E-state index in [1.54, 1.807) is 0 Å². The van der Waals surface area contributed by atoms with Crippen LogP contribution in [0.2, 0.25) is 0 Å². The lowest BCUT2D eigenvalue weighted by molar-refractivity contribution is -0.123. The Hall–Kier alpha value is -1.59. The van der Waals surface area contributed by atoms with Crippen molar-refractivity contribution in [3.63, 3.8) is 0 Å². The van der Waals surface area contributed by atoms with E-state index in [4.69, 9.17) is 47.4 Å². The van der Waals surface area contributed by atoms with Crippen LogP contribution in [0.1, 0.15) is 59.1 Å². The standard InChI is InChI=1S/C34H65N3O11/c1-31(2)7-5-6-9-37-29-33(35-36-37)30-48-28-27-47-26-25-46-24-23-45-22-21-44-20-19-43-18-17-42-16-15-41-14-13-40-12-11-39-10-8-34(38)32(3)4/h29,31-32H,5-28,30H2,1-4H3. The summed E-state index contributed by atoms with van der Waals surface area (Å²) in [4.78, 5) is 11.5. The van der Waals surface area contributed by atoms with Crippen molar-refractivity contribution < 1.29 is 52.2 Å². The number of rotatable bonds is 38. The van der Waals surface area contributed by atoms with Crippen LogP contribution in [0.25, 0.3) is 0 Å². The van der Waals surface area contributed by atoms with Gasteiger partial charge in [0.15, 0.2) is 0 Å². The van der Waals surface area contributed by atoms with E-state index < -0.39 is 0 Å². The summed E-state index contributed by atoms with van der Waals surface area (Å²) >= 11 is 0. The van der Waals surface area contributed by atoms with Gasteiger partial charge in [0.1, 0.15) is 11.5 Å². The molecule has 0 saturated carbocycles. The molecule has 0 saturated heterocycles. The molecular weight excluding hydrogens is 626 g/mol. The minimum Gasteiger partial charge on any atom is -0.379 e. The summed E-state index contributed by atoms with van der Waals surface area (Å²) in [5.74, 6) is 1.02. The number of unbranched alkanes of at least 4 members (excludes halogenated alkanes) is 1. The predicted molar refractivity (Wildman–Crippen MR) is 180 cm³/mol. The Morgan fingerprint density at radius 3 is 1.31 bits per heavy atom. The Bertz CT molecular complexity index is 830. The number of hydrogen-bond donors (Lipinski definition) is 0. The zero-order valence-corrected chi connectivity index (χ0v) is 30.2. The number of hydrogen-bond acceptors (Lipinski definition) is 13. The first-order valence-electron chi connectivity index (χ1n) is 17.7. The van der Waals surface area contributed by atoms with Crippen LogP contribution < -0.4 is 0 Å². The van der Waals surface area contributed by atoms with Gasteiger partial charge in [0, 0.05) is 18.9 Å². The van der Waals surface area contributed by atoms with Crippen LogP contribution in [-0.2, 0) is 65.3 Å². The molecule has 0 N–H and O–H groups in total. The fraction of sp³-hybridized carbons (Fsp3) is 0.912. The zero-order valence-electron chi connectivity index (χ0n) is 30.2. The molecule has 1 heterocycles. The number of ketones is 1. The Kier molecular flexibility index (Phi) is 31.4. The second kappa shape index (κ2) is 33.9. The first-order chi connectivity index (χ1) is 23.5. The molecule has 0 aliphatic carbocycles. The Labute approximate surface area is 288 Å². The SMILES string of the molecule is CC(C)CCCCn1cc(COCCOCCOCCOCCOCCOCCOCCOCCOCCOCCC(=O)C(C)C)nn1. The second-order valence-corrected chi connectivity index (χ2v) is 11.8. The summed E-state index contributed by atoms with van der Waals surface area (Å²) in [6, 6.07) is 0. The van der Waals surface area contributed by atoms with Gasteiger partial charge in [-0.15, -0.1) is 5.10 Å². The summed E-state index contributed by atoms with van der Waals surface area (Å²) in [7, 11) is 0. The molecule has 1 rings (SSSR count). The van der Waals surface area contributed by atoms with Crippen molar-refractivity contribution in [1.29, 1.82) is 0 Å². The van der Waals surface area contributed by atoms with Gasteiger partial charge in [0.2, 0.25) is 0 Å². The molecule has 48 heavy (non-hydrogen) atoms. The Morgan fingerprint density at radius 2 is 0.938 bits per heavy atom. The van der Waals surface area contributed by atoms with Gasteiger partial charge < -0.3 is 47.4 Å². The minimum atomic E-state index is 0.0600. The molecule has 0 bridgehead atoms. The molecule has 0 unspecified atom stereocenters. The highest BCUT2D eigenvalue weighted by Gasteiger charge is 2.06. The lowest BCUT2D eigenvalue weighted by atomic mass is 10.1. The molecule has 0 atom stereocenters. The quantitative estimate of drug-likeness (QED) is 0.0937. The van der Waals surface area contributed by atoms with Crippen LogP contribution >= 0.6 is 0 Å². The highest BCUT2D eigenvalue weighted by molar-refractivity contribution is 5.80. The topological polar surface area (TPSA) is 140 Å². The predicted octanol–water partition coefficient (Wildman–Crippen LogP) is 3.39. The van der Waals surface area contributed by atoms with Crippen LogP contribution in [-0.4, -0.2) is 146 Å². The third kappa shape index (κ3) is 30.5. The van der Waals surface area contributed by atoms with Crippen molar-refractivity contribution in [1.82, 2.24) is 15.0 Å². The fourth-order valence-electron chi connectivity index (χ4n) is 3.96. The summed E-state index contributed by atoms with van der Waals surface area (Å²) < 4.78 is 56.8. The van der Waals surface area contributed by atoms with Crippen molar-refractivity contribution in [2.45, 2.75) is 66.5 Å². The van der Waals surface area contributed by atoms with E-state index in [0.717, 1.165) is 24.6 Å². The van der Waals surface area contributed by atoms with Gasteiger partial charge in [0.05, 0.1) is 138 Å². The number of ether oxygens (including phenoxy) is 10. The van der Waals surface area contributed by atoms with Crippen LogP contribution in [0.15, 0.2) is 6.20 Å². The smallest absolute Gasteiger partial charge is 0.137 e. The molecule has 1 aromatic rings. The summed E-state index contributed by atoms with van der Waals surface area (Å²) in [6.07, 6.45) is 5.98. The van der Waals surface area contributed by atoms with E-state index in [9.17, 15) is 4.79 Å². The molecule has 14 heteroatoms. The molecule has 0 spiro atoms. The fourth-order valence-corrected chi connectivity index (χ4v) is 3.96. The lowest BCUT2D eigenvalue weighted by Crippen LogP contribution is -2.15.